The van der Waals surface area contributed by atoms with Gasteiger partial charge in [-0.15, -0.1) is 0 Å². The van der Waals surface area contributed by atoms with Gasteiger partial charge in [-0.1, -0.05) is 85.8 Å². The molecule has 10 nitrogen and oxygen atoms in total. The summed E-state index contributed by atoms with van der Waals surface area (Å²) >= 11 is 0. The Balaban J connectivity index is 1.71. The van der Waals surface area contributed by atoms with Crippen LogP contribution < -0.4 is 14.9 Å². The lowest BCUT2D eigenvalue weighted by Crippen LogP contribution is -2.52. The van der Waals surface area contributed by atoms with Crippen LogP contribution in [0.2, 0.25) is 0 Å². The number of hydrogen-bond donors (Lipinski definition) is 2. The second kappa shape index (κ2) is 17.0. The van der Waals surface area contributed by atoms with Crippen LogP contribution in [0, 0.1) is 6.92 Å². The van der Waals surface area contributed by atoms with E-state index in [1.807, 2.05) is 80.4 Å². The van der Waals surface area contributed by atoms with Crippen LogP contribution in [-0.4, -0.2) is 80.7 Å². The van der Waals surface area contributed by atoms with E-state index in [4.69, 9.17) is 4.98 Å². The summed E-state index contributed by atoms with van der Waals surface area (Å²) in [6, 6.07) is 18.1. The fourth-order valence-corrected chi connectivity index (χ4v) is 6.42. The zero-order chi connectivity index (χ0) is 34.7. The van der Waals surface area contributed by atoms with E-state index in [-0.39, 0.29) is 17.9 Å². The molecular weight excluding hydrogens is 625 g/mol. The SMILES string of the molecule is C=C(/C=C\C=C/C)CN(CCC)c1cc(NC(=O)Cc2ccc(C)cc2)cc(-c2ccccc2C(=O)NS(=O)(=O)N2CCN(C)CC2)n1. The number of aromatic nitrogens is 1. The van der Waals surface area contributed by atoms with Gasteiger partial charge in [0.1, 0.15) is 5.82 Å². The number of rotatable bonds is 14. The highest BCUT2D eigenvalue weighted by molar-refractivity contribution is 7.87. The number of pyridine rings is 1. The molecule has 2 amide bonds. The number of benzene rings is 2. The van der Waals surface area contributed by atoms with E-state index in [0.717, 1.165) is 23.1 Å². The van der Waals surface area contributed by atoms with Crippen LogP contribution in [0.1, 0.15) is 41.8 Å². The molecule has 1 saturated heterocycles. The van der Waals surface area contributed by atoms with Gasteiger partial charge >= 0.3 is 10.2 Å². The highest BCUT2D eigenvalue weighted by Crippen LogP contribution is 2.29. The van der Waals surface area contributed by atoms with Crippen molar-refractivity contribution in [3.05, 3.63) is 114 Å². The number of piperazine rings is 1. The summed E-state index contributed by atoms with van der Waals surface area (Å²) in [7, 11) is -2.13. The average molecular weight is 671 g/mol. The van der Waals surface area contributed by atoms with Gasteiger partial charge in [-0.3, -0.25) is 9.59 Å². The number of carbonyl (C=O) groups excluding carboxylic acids is 2. The van der Waals surface area contributed by atoms with Crippen molar-refractivity contribution in [1.29, 1.82) is 0 Å². The van der Waals surface area contributed by atoms with Crippen molar-refractivity contribution in [1.82, 2.24) is 18.9 Å². The van der Waals surface area contributed by atoms with Crippen LogP contribution in [0.25, 0.3) is 11.3 Å². The van der Waals surface area contributed by atoms with Gasteiger partial charge < -0.3 is 15.1 Å². The van der Waals surface area contributed by atoms with E-state index in [2.05, 4.69) is 28.4 Å². The van der Waals surface area contributed by atoms with Gasteiger partial charge in [-0.25, -0.2) is 9.71 Å². The number of carbonyl (C=O) groups is 2. The van der Waals surface area contributed by atoms with Crippen molar-refractivity contribution in [2.24, 2.45) is 0 Å². The maximum atomic E-state index is 13.6. The molecule has 2 N–H and O–H groups in total. The minimum Gasteiger partial charge on any atom is -0.352 e. The Bertz CT molecular complexity index is 1760. The van der Waals surface area contributed by atoms with Crippen molar-refractivity contribution >= 4 is 33.5 Å². The predicted molar refractivity (Wildman–Crippen MR) is 194 cm³/mol. The number of likely N-dealkylation sites (N-methyl/N-ethyl adjacent to an activating group) is 1. The van der Waals surface area contributed by atoms with Gasteiger partial charge in [0, 0.05) is 62.1 Å². The Hall–Kier alpha value is -4.58. The van der Waals surface area contributed by atoms with Gasteiger partial charge in [0.25, 0.3) is 5.91 Å². The van der Waals surface area contributed by atoms with Gasteiger partial charge in [-0.2, -0.15) is 12.7 Å². The molecule has 4 rings (SSSR count). The Labute approximate surface area is 285 Å². The molecule has 0 unspecified atom stereocenters. The van der Waals surface area contributed by atoms with Crippen molar-refractivity contribution in [3.8, 4) is 11.3 Å². The summed E-state index contributed by atoms with van der Waals surface area (Å²) in [4.78, 5) is 35.9. The molecule has 2 aromatic carbocycles. The first kappa shape index (κ1) is 36.3. The number of allylic oxidation sites excluding steroid dienone is 3. The quantitative estimate of drug-likeness (QED) is 0.222. The van der Waals surface area contributed by atoms with Gasteiger partial charge in [0.05, 0.1) is 12.1 Å². The number of anilines is 2. The molecule has 0 spiro atoms. The molecule has 2 heterocycles. The number of hydrogen-bond acceptors (Lipinski definition) is 7. The molecular formula is C37H46N6O4S. The maximum Gasteiger partial charge on any atom is 0.304 e. The third-order valence-electron chi connectivity index (χ3n) is 7.90. The van der Waals surface area contributed by atoms with Crippen LogP contribution in [0.4, 0.5) is 11.5 Å². The van der Waals surface area contributed by atoms with Crippen LogP contribution >= 0.6 is 0 Å². The molecule has 0 atom stereocenters. The second-order valence-electron chi connectivity index (χ2n) is 12.0. The normalized spacial score (nSPS) is 14.3. The van der Waals surface area contributed by atoms with Gasteiger partial charge in [-0.05, 0) is 50.6 Å². The van der Waals surface area contributed by atoms with E-state index in [0.29, 0.717) is 62.0 Å². The minimum absolute atomic E-state index is 0.150. The fourth-order valence-electron chi connectivity index (χ4n) is 5.30. The first-order valence-corrected chi connectivity index (χ1v) is 17.6. The van der Waals surface area contributed by atoms with Crippen molar-refractivity contribution in [2.45, 2.75) is 33.6 Å². The lowest BCUT2D eigenvalue weighted by Gasteiger charge is -2.31. The topological polar surface area (TPSA) is 115 Å². The summed E-state index contributed by atoms with van der Waals surface area (Å²) < 4.78 is 29.9. The summed E-state index contributed by atoms with van der Waals surface area (Å²) in [5, 5.41) is 3.02. The van der Waals surface area contributed by atoms with Crippen LogP contribution in [0.15, 0.2) is 97.1 Å². The van der Waals surface area contributed by atoms with Gasteiger partial charge in [0.2, 0.25) is 5.91 Å². The lowest BCUT2D eigenvalue weighted by molar-refractivity contribution is -0.115. The second-order valence-corrected chi connectivity index (χ2v) is 13.6. The molecule has 1 aromatic heterocycles. The molecule has 0 aliphatic carbocycles. The summed E-state index contributed by atoms with van der Waals surface area (Å²) in [6.45, 7) is 13.1. The van der Waals surface area contributed by atoms with E-state index in [9.17, 15) is 18.0 Å². The third kappa shape index (κ3) is 10.2. The van der Waals surface area contributed by atoms with Crippen LogP contribution in [-0.2, 0) is 21.4 Å². The average Bonchev–Trinajstić information content (AvgIpc) is 3.05. The monoisotopic (exact) mass is 670 g/mol. The molecule has 1 fully saturated rings. The molecule has 1 aliphatic rings. The molecule has 11 heteroatoms. The Morgan fingerprint density at radius 3 is 2.42 bits per heavy atom. The highest BCUT2D eigenvalue weighted by Gasteiger charge is 2.28. The molecule has 48 heavy (non-hydrogen) atoms. The fraction of sp³-hybridized carbons (Fsp3) is 0.324. The molecule has 254 valence electrons. The Morgan fingerprint density at radius 2 is 1.73 bits per heavy atom. The number of nitrogens with one attached hydrogen (secondary N) is 2. The van der Waals surface area contributed by atoms with Crippen LogP contribution in [0.5, 0.6) is 0 Å². The third-order valence-corrected chi connectivity index (χ3v) is 9.39. The summed E-state index contributed by atoms with van der Waals surface area (Å²) in [5.41, 5.74) is 4.36. The highest BCUT2D eigenvalue weighted by atomic mass is 32.2. The first-order chi connectivity index (χ1) is 23.0. The first-order valence-electron chi connectivity index (χ1n) is 16.2. The Kier molecular flexibility index (Phi) is 12.8. The number of aryl methyl sites for hydroxylation is 1. The van der Waals surface area contributed by atoms with E-state index in [1.165, 1.54) is 4.31 Å². The van der Waals surface area contributed by atoms with E-state index in [1.54, 1.807) is 30.3 Å². The van der Waals surface area contributed by atoms with Crippen molar-refractivity contribution in [3.63, 3.8) is 0 Å². The minimum atomic E-state index is -4.06. The molecule has 1 aliphatic heterocycles. The lowest BCUT2D eigenvalue weighted by atomic mass is 10.0. The summed E-state index contributed by atoms with van der Waals surface area (Å²) in [6.07, 6.45) is 8.75. The predicted octanol–water partition coefficient (Wildman–Crippen LogP) is 5.37. The number of amides is 2. The molecule has 0 radical (unpaired) electrons. The smallest absolute Gasteiger partial charge is 0.304 e. The zero-order valence-corrected chi connectivity index (χ0v) is 29.1. The summed E-state index contributed by atoms with van der Waals surface area (Å²) in [5.74, 6) is -0.373. The molecule has 0 saturated carbocycles. The Morgan fingerprint density at radius 1 is 1.02 bits per heavy atom. The molecule has 3 aromatic rings. The standard InChI is InChI=1S/C37H46N6O4S/c1-6-8-9-12-29(4)27-42(19-7-2)35-26-31(38-36(44)24-30-17-15-28(3)16-18-30)25-34(39-35)32-13-10-11-14-33(32)37(45)40-48(46,47)43-22-20-41(5)21-23-43/h6,8-18,25-26H,4,7,19-24,27H2,1-3,5H3,(H,40,45)(H,38,39,44)/b8-6-,12-9-. The number of nitrogens with zero attached hydrogens (tertiary/aromatic N) is 4. The van der Waals surface area contributed by atoms with Gasteiger partial charge in [0.15, 0.2) is 0 Å². The largest absolute Gasteiger partial charge is 0.352 e. The van der Waals surface area contributed by atoms with Crippen molar-refractivity contribution in [2.75, 3.05) is 56.5 Å². The van der Waals surface area contributed by atoms with Crippen molar-refractivity contribution < 1.29 is 18.0 Å². The van der Waals surface area contributed by atoms with E-state index >= 15 is 0 Å². The zero-order valence-electron chi connectivity index (χ0n) is 28.3. The van der Waals surface area contributed by atoms with E-state index < -0.39 is 16.1 Å². The molecule has 0 bridgehead atoms. The maximum absolute atomic E-state index is 13.6. The van der Waals surface area contributed by atoms with Crippen LogP contribution in [0.3, 0.4) is 0 Å².